The third-order valence-electron chi connectivity index (χ3n) is 6.42. The number of aryl methyl sites for hydroxylation is 1. The van der Waals surface area contributed by atoms with Crippen LogP contribution in [-0.2, 0) is 16.6 Å². The van der Waals surface area contributed by atoms with Gasteiger partial charge in [0.15, 0.2) is 5.13 Å². The number of carbonyl (C=O) groups excluding carboxylic acids is 1. The van der Waals surface area contributed by atoms with E-state index in [-0.39, 0.29) is 10.8 Å². The number of amides is 1. The number of rotatable bonds is 11. The van der Waals surface area contributed by atoms with E-state index in [1.165, 1.54) is 27.8 Å². The lowest BCUT2D eigenvalue weighted by Crippen LogP contribution is -2.32. The molecule has 0 saturated heterocycles. The molecule has 1 heterocycles. The largest absolute Gasteiger partial charge is 0.494 e. The van der Waals surface area contributed by atoms with Crippen molar-refractivity contribution in [2.75, 3.05) is 25.1 Å². The highest BCUT2D eigenvalue weighted by molar-refractivity contribution is 7.89. The Hall–Kier alpha value is -3.27. The van der Waals surface area contributed by atoms with E-state index in [2.05, 4.69) is 0 Å². The van der Waals surface area contributed by atoms with E-state index in [1.54, 1.807) is 24.1 Å². The minimum absolute atomic E-state index is 0.182. The number of methoxy groups -OCH3 is 1. The summed E-state index contributed by atoms with van der Waals surface area (Å²) in [6, 6.07) is 19.8. The average molecular weight is 552 g/mol. The Morgan fingerprint density at radius 1 is 1.00 bits per heavy atom. The van der Waals surface area contributed by atoms with Crippen LogP contribution in [0.1, 0.15) is 48.2 Å². The number of hydrogen-bond acceptors (Lipinski definition) is 6. The van der Waals surface area contributed by atoms with Gasteiger partial charge in [-0.1, -0.05) is 68.0 Å². The van der Waals surface area contributed by atoms with Crippen LogP contribution in [0, 0.1) is 6.92 Å². The van der Waals surface area contributed by atoms with Crippen LogP contribution in [0.25, 0.3) is 10.2 Å². The van der Waals surface area contributed by atoms with Crippen molar-refractivity contribution in [1.29, 1.82) is 0 Å². The zero-order valence-electron chi connectivity index (χ0n) is 22.2. The summed E-state index contributed by atoms with van der Waals surface area (Å²) >= 11 is 1.44. The van der Waals surface area contributed by atoms with Gasteiger partial charge < -0.3 is 4.74 Å². The molecule has 0 fully saturated rings. The van der Waals surface area contributed by atoms with E-state index < -0.39 is 10.0 Å². The zero-order chi connectivity index (χ0) is 27.3. The SMILES string of the molecule is CCCCN(CC)S(=O)(=O)c1ccc(C(=O)N(Cc2ccccc2)c2nc3c(OC)ccc(C)c3s2)cc1. The molecule has 0 aliphatic heterocycles. The number of benzene rings is 3. The third-order valence-corrected chi connectivity index (χ3v) is 9.63. The fourth-order valence-corrected chi connectivity index (χ4v) is 6.76. The van der Waals surface area contributed by atoms with Crippen molar-refractivity contribution in [3.63, 3.8) is 0 Å². The van der Waals surface area contributed by atoms with Crippen molar-refractivity contribution < 1.29 is 17.9 Å². The first-order valence-corrected chi connectivity index (χ1v) is 15.0. The van der Waals surface area contributed by atoms with Crippen LogP contribution in [0.4, 0.5) is 5.13 Å². The number of fused-ring (bicyclic) bond motifs is 1. The predicted molar refractivity (Wildman–Crippen MR) is 154 cm³/mol. The maximum absolute atomic E-state index is 13.9. The number of thiazole rings is 1. The van der Waals surface area contributed by atoms with E-state index in [4.69, 9.17) is 9.72 Å². The molecule has 4 aromatic rings. The highest BCUT2D eigenvalue weighted by Gasteiger charge is 2.26. The minimum Gasteiger partial charge on any atom is -0.494 e. The molecule has 0 spiro atoms. The maximum Gasteiger partial charge on any atom is 0.260 e. The second-order valence-electron chi connectivity index (χ2n) is 9.01. The van der Waals surface area contributed by atoms with Crippen LogP contribution in [0.5, 0.6) is 5.75 Å². The lowest BCUT2D eigenvalue weighted by Gasteiger charge is -2.22. The molecule has 1 amide bonds. The molecule has 200 valence electrons. The molecule has 1 aromatic heterocycles. The quantitative estimate of drug-likeness (QED) is 0.219. The first kappa shape index (κ1) is 27.8. The minimum atomic E-state index is -3.63. The van der Waals surface area contributed by atoms with E-state index in [9.17, 15) is 13.2 Å². The van der Waals surface area contributed by atoms with Gasteiger partial charge in [0.05, 0.1) is 23.2 Å². The van der Waals surface area contributed by atoms with Crippen LogP contribution in [-0.4, -0.2) is 43.8 Å². The highest BCUT2D eigenvalue weighted by Crippen LogP contribution is 2.37. The van der Waals surface area contributed by atoms with Gasteiger partial charge in [0.1, 0.15) is 11.3 Å². The summed E-state index contributed by atoms with van der Waals surface area (Å²) < 4.78 is 34.2. The Morgan fingerprint density at radius 2 is 1.71 bits per heavy atom. The molecule has 0 atom stereocenters. The predicted octanol–water partition coefficient (Wildman–Crippen LogP) is 6.27. The fourth-order valence-electron chi connectivity index (χ4n) is 4.23. The Balaban J connectivity index is 1.71. The molecule has 0 aliphatic rings. The van der Waals surface area contributed by atoms with Gasteiger partial charge in [0.2, 0.25) is 10.0 Å². The lowest BCUT2D eigenvalue weighted by atomic mass is 10.1. The molecular formula is C29H33N3O4S2. The van der Waals surface area contributed by atoms with Crippen molar-refractivity contribution in [2.45, 2.75) is 45.1 Å². The zero-order valence-corrected chi connectivity index (χ0v) is 23.8. The number of nitrogens with zero attached hydrogens (tertiary/aromatic N) is 3. The third kappa shape index (κ3) is 5.75. The van der Waals surface area contributed by atoms with Crippen LogP contribution in [0.15, 0.2) is 71.6 Å². The number of hydrogen-bond donors (Lipinski definition) is 0. The topological polar surface area (TPSA) is 79.8 Å². The standard InChI is InChI=1S/C29H33N3O4S2/c1-5-7-19-31(6-2)38(34,35)24-16-14-23(15-17-24)28(33)32(20-22-11-9-8-10-12-22)29-30-26-25(36-4)18-13-21(3)27(26)37-29/h8-18H,5-7,19-20H2,1-4H3. The molecule has 0 N–H and O–H groups in total. The van der Waals surface area contributed by atoms with Gasteiger partial charge in [-0.3, -0.25) is 9.69 Å². The first-order valence-electron chi connectivity index (χ1n) is 12.7. The van der Waals surface area contributed by atoms with Gasteiger partial charge in [0.25, 0.3) is 5.91 Å². The lowest BCUT2D eigenvalue weighted by molar-refractivity contribution is 0.0985. The summed E-state index contributed by atoms with van der Waals surface area (Å²) in [6.45, 7) is 7.07. The normalized spacial score (nSPS) is 11.7. The fraction of sp³-hybridized carbons (Fsp3) is 0.310. The Morgan fingerprint density at radius 3 is 2.34 bits per heavy atom. The van der Waals surface area contributed by atoms with Crippen LogP contribution >= 0.6 is 11.3 Å². The van der Waals surface area contributed by atoms with Crippen molar-refractivity contribution in [3.05, 3.63) is 83.4 Å². The summed E-state index contributed by atoms with van der Waals surface area (Å²) in [6.07, 6.45) is 1.71. The van der Waals surface area contributed by atoms with E-state index >= 15 is 0 Å². The summed E-state index contributed by atoms with van der Waals surface area (Å²) in [4.78, 5) is 20.5. The van der Waals surface area contributed by atoms with Crippen molar-refractivity contribution >= 4 is 42.6 Å². The number of anilines is 1. The molecule has 0 bridgehead atoms. The Bertz CT molecular complexity index is 1500. The van der Waals surface area contributed by atoms with E-state index in [0.717, 1.165) is 28.7 Å². The second-order valence-corrected chi connectivity index (χ2v) is 11.9. The van der Waals surface area contributed by atoms with Gasteiger partial charge in [-0.15, -0.1) is 0 Å². The average Bonchev–Trinajstić information content (AvgIpc) is 3.39. The van der Waals surface area contributed by atoms with E-state index in [1.807, 2.05) is 63.2 Å². The number of sulfonamides is 1. The smallest absolute Gasteiger partial charge is 0.260 e. The number of carbonyl (C=O) groups is 1. The van der Waals surface area contributed by atoms with Gasteiger partial charge in [-0.2, -0.15) is 4.31 Å². The molecular weight excluding hydrogens is 518 g/mol. The number of aromatic nitrogens is 1. The highest BCUT2D eigenvalue weighted by atomic mass is 32.2. The van der Waals surface area contributed by atoms with Gasteiger partial charge in [-0.25, -0.2) is 13.4 Å². The molecule has 38 heavy (non-hydrogen) atoms. The van der Waals surface area contributed by atoms with Gasteiger partial charge >= 0.3 is 0 Å². The first-order chi connectivity index (χ1) is 18.3. The molecule has 4 rings (SSSR count). The van der Waals surface area contributed by atoms with Crippen LogP contribution in [0.2, 0.25) is 0 Å². The second kappa shape index (κ2) is 12.1. The summed E-state index contributed by atoms with van der Waals surface area (Å²) in [5, 5.41) is 0.551. The summed E-state index contributed by atoms with van der Waals surface area (Å²) in [7, 11) is -2.03. The van der Waals surface area contributed by atoms with Crippen LogP contribution < -0.4 is 9.64 Å². The number of ether oxygens (including phenoxy) is 1. The molecule has 3 aromatic carbocycles. The molecule has 9 heteroatoms. The molecule has 0 aliphatic carbocycles. The summed E-state index contributed by atoms with van der Waals surface area (Å²) in [5.74, 6) is 0.394. The molecule has 0 radical (unpaired) electrons. The van der Waals surface area contributed by atoms with Gasteiger partial charge in [0, 0.05) is 18.7 Å². The molecule has 0 saturated carbocycles. The Labute approximate surface area is 228 Å². The Kier molecular flexibility index (Phi) is 8.81. The van der Waals surface area contributed by atoms with Crippen molar-refractivity contribution in [2.24, 2.45) is 0 Å². The molecule has 7 nitrogen and oxygen atoms in total. The van der Waals surface area contributed by atoms with Crippen LogP contribution in [0.3, 0.4) is 0 Å². The monoisotopic (exact) mass is 551 g/mol. The maximum atomic E-state index is 13.9. The molecule has 0 unspecified atom stereocenters. The van der Waals surface area contributed by atoms with Crippen molar-refractivity contribution in [3.8, 4) is 5.75 Å². The van der Waals surface area contributed by atoms with E-state index in [0.29, 0.717) is 41.6 Å². The summed E-state index contributed by atoms with van der Waals surface area (Å²) in [5.41, 5.74) is 3.11. The van der Waals surface area contributed by atoms with Gasteiger partial charge in [-0.05, 0) is 54.8 Å². The number of unbranched alkanes of at least 4 members (excludes halogenated alkanes) is 1. The van der Waals surface area contributed by atoms with Crippen molar-refractivity contribution in [1.82, 2.24) is 9.29 Å².